The number of carbonyl (C=O) groups excluding carboxylic acids is 2. The van der Waals surface area contributed by atoms with Gasteiger partial charge in [0.1, 0.15) is 23.2 Å². The monoisotopic (exact) mass is 451 g/mol. The fourth-order valence-electron chi connectivity index (χ4n) is 3.34. The lowest BCUT2D eigenvalue weighted by molar-refractivity contribution is -0.142. The molecule has 0 aliphatic heterocycles. The van der Waals surface area contributed by atoms with Crippen LogP contribution in [-0.2, 0) is 16.0 Å². The second-order valence-corrected chi connectivity index (χ2v) is 7.63. The Morgan fingerprint density at radius 2 is 1.72 bits per heavy atom. The number of hydrogen-bond acceptors (Lipinski definition) is 4. The zero-order valence-electron chi connectivity index (χ0n) is 17.1. The number of imidazole rings is 1. The van der Waals surface area contributed by atoms with Gasteiger partial charge in [0, 0.05) is 23.8 Å². The molecule has 0 saturated heterocycles. The van der Waals surface area contributed by atoms with E-state index in [9.17, 15) is 14.0 Å². The van der Waals surface area contributed by atoms with Crippen molar-refractivity contribution >= 4 is 29.1 Å². The predicted molar refractivity (Wildman–Crippen MR) is 119 cm³/mol. The fraction of sp³-hybridized carbons (Fsp3) is 0.125. The highest BCUT2D eigenvalue weighted by molar-refractivity contribution is 6.30. The van der Waals surface area contributed by atoms with E-state index in [1.54, 1.807) is 28.8 Å². The van der Waals surface area contributed by atoms with Crippen LogP contribution >= 0.6 is 11.6 Å². The average molecular weight is 452 g/mol. The van der Waals surface area contributed by atoms with Crippen molar-refractivity contribution in [1.29, 1.82) is 0 Å². The second kappa shape index (κ2) is 9.20. The minimum absolute atomic E-state index is 0.159. The van der Waals surface area contributed by atoms with Crippen LogP contribution in [0.25, 0.3) is 16.8 Å². The highest BCUT2D eigenvalue weighted by Gasteiger charge is 2.24. The maximum Gasteiger partial charge on any atom is 0.328 e. The van der Waals surface area contributed by atoms with Crippen LogP contribution in [0.4, 0.5) is 4.39 Å². The van der Waals surface area contributed by atoms with E-state index in [0.29, 0.717) is 16.2 Å². The summed E-state index contributed by atoms with van der Waals surface area (Å²) >= 11 is 5.96. The van der Waals surface area contributed by atoms with Crippen molar-refractivity contribution in [2.75, 3.05) is 7.11 Å². The van der Waals surface area contributed by atoms with Crippen LogP contribution in [0.15, 0.2) is 73.1 Å². The number of benzene rings is 2. The Bertz CT molecular complexity index is 1270. The number of aromatic nitrogens is 2. The molecule has 1 unspecified atom stereocenters. The summed E-state index contributed by atoms with van der Waals surface area (Å²) in [5.74, 6) is -1.49. The van der Waals surface area contributed by atoms with Crippen LogP contribution in [0.5, 0.6) is 0 Å². The van der Waals surface area contributed by atoms with Gasteiger partial charge in [0.15, 0.2) is 0 Å². The van der Waals surface area contributed by atoms with E-state index in [1.165, 1.54) is 19.2 Å². The molecule has 0 saturated carbocycles. The number of halogens is 2. The van der Waals surface area contributed by atoms with Gasteiger partial charge in [0.2, 0.25) is 0 Å². The van der Waals surface area contributed by atoms with Gasteiger partial charge in [-0.2, -0.15) is 0 Å². The Kier molecular flexibility index (Phi) is 6.18. The number of amides is 1. The maximum absolute atomic E-state index is 13.2. The highest BCUT2D eigenvalue weighted by atomic mass is 35.5. The fourth-order valence-corrected chi connectivity index (χ4v) is 3.46. The molecule has 0 aliphatic rings. The predicted octanol–water partition coefficient (Wildman–Crippen LogP) is 4.31. The van der Waals surface area contributed by atoms with E-state index in [-0.39, 0.29) is 17.9 Å². The van der Waals surface area contributed by atoms with Gasteiger partial charge in [-0.05, 0) is 53.1 Å². The van der Waals surface area contributed by atoms with Crippen molar-refractivity contribution in [3.05, 3.63) is 95.2 Å². The summed E-state index contributed by atoms with van der Waals surface area (Å²) in [6, 6.07) is 15.9. The molecule has 2 aromatic heterocycles. The van der Waals surface area contributed by atoms with E-state index in [2.05, 4.69) is 10.3 Å². The smallest absolute Gasteiger partial charge is 0.328 e. The van der Waals surface area contributed by atoms with E-state index in [1.807, 2.05) is 36.5 Å². The number of hydrogen-bond donors (Lipinski definition) is 1. The lowest BCUT2D eigenvalue weighted by Gasteiger charge is -2.16. The molecule has 0 fully saturated rings. The van der Waals surface area contributed by atoms with Crippen molar-refractivity contribution in [3.63, 3.8) is 0 Å². The standard InChI is InChI=1S/C24H19ClFN3O3/c1-32-24(31)20(12-15-2-9-19(26)10-3-15)28-23(30)21-14-29-13-17(6-11-22(29)27-21)16-4-7-18(25)8-5-16/h2-11,13-14,20H,12H2,1H3,(H,28,30). The molecule has 4 rings (SSSR count). The number of nitrogens with zero attached hydrogens (tertiary/aromatic N) is 2. The molecule has 0 aliphatic carbocycles. The minimum atomic E-state index is -0.938. The summed E-state index contributed by atoms with van der Waals surface area (Å²) in [6.45, 7) is 0. The lowest BCUT2D eigenvalue weighted by atomic mass is 10.1. The number of pyridine rings is 1. The summed E-state index contributed by atoms with van der Waals surface area (Å²) in [4.78, 5) is 29.4. The SMILES string of the molecule is COC(=O)C(Cc1ccc(F)cc1)NC(=O)c1cn2cc(-c3ccc(Cl)cc3)ccc2n1. The number of esters is 1. The molecule has 162 valence electrons. The second-order valence-electron chi connectivity index (χ2n) is 7.20. The van der Waals surface area contributed by atoms with Gasteiger partial charge >= 0.3 is 5.97 Å². The number of fused-ring (bicyclic) bond motifs is 1. The summed E-state index contributed by atoms with van der Waals surface area (Å²) in [7, 11) is 1.25. The van der Waals surface area contributed by atoms with Crippen molar-refractivity contribution < 1.29 is 18.7 Å². The first kappa shape index (κ1) is 21.5. The van der Waals surface area contributed by atoms with E-state index in [0.717, 1.165) is 11.1 Å². The van der Waals surface area contributed by atoms with Gasteiger partial charge in [0.05, 0.1) is 7.11 Å². The Hall–Kier alpha value is -3.71. The van der Waals surface area contributed by atoms with Gasteiger partial charge < -0.3 is 14.5 Å². The zero-order chi connectivity index (χ0) is 22.7. The van der Waals surface area contributed by atoms with E-state index >= 15 is 0 Å². The quantitative estimate of drug-likeness (QED) is 0.443. The van der Waals surface area contributed by atoms with Crippen molar-refractivity contribution in [2.45, 2.75) is 12.5 Å². The molecular formula is C24H19ClFN3O3. The number of nitrogens with one attached hydrogen (secondary N) is 1. The molecular weight excluding hydrogens is 433 g/mol. The molecule has 0 radical (unpaired) electrons. The molecule has 32 heavy (non-hydrogen) atoms. The first-order valence-corrected chi connectivity index (χ1v) is 10.2. The molecule has 1 amide bonds. The van der Waals surface area contributed by atoms with Crippen LogP contribution < -0.4 is 5.32 Å². The molecule has 0 bridgehead atoms. The first-order valence-electron chi connectivity index (χ1n) is 9.81. The van der Waals surface area contributed by atoms with Crippen LogP contribution in [0, 0.1) is 5.82 Å². The van der Waals surface area contributed by atoms with Gasteiger partial charge in [-0.1, -0.05) is 35.9 Å². The molecule has 2 aromatic carbocycles. The number of methoxy groups -OCH3 is 1. The lowest BCUT2D eigenvalue weighted by Crippen LogP contribution is -2.43. The third-order valence-electron chi connectivity index (χ3n) is 5.01. The number of rotatable bonds is 6. The summed E-state index contributed by atoms with van der Waals surface area (Å²) in [5.41, 5.74) is 3.33. The topological polar surface area (TPSA) is 72.7 Å². The van der Waals surface area contributed by atoms with Crippen LogP contribution in [-0.4, -0.2) is 34.4 Å². The Labute approximate surface area is 188 Å². The highest BCUT2D eigenvalue weighted by Crippen LogP contribution is 2.22. The molecule has 0 spiro atoms. The third kappa shape index (κ3) is 4.78. The molecule has 8 heteroatoms. The third-order valence-corrected chi connectivity index (χ3v) is 5.26. The Morgan fingerprint density at radius 1 is 1.03 bits per heavy atom. The number of ether oxygens (including phenoxy) is 1. The largest absolute Gasteiger partial charge is 0.467 e. The normalized spacial score (nSPS) is 11.8. The van der Waals surface area contributed by atoms with Crippen molar-refractivity contribution in [2.24, 2.45) is 0 Å². The Balaban J connectivity index is 1.55. The molecule has 1 atom stereocenters. The first-order chi connectivity index (χ1) is 15.4. The molecule has 6 nitrogen and oxygen atoms in total. The minimum Gasteiger partial charge on any atom is -0.467 e. The summed E-state index contributed by atoms with van der Waals surface area (Å²) in [5, 5.41) is 3.31. The van der Waals surface area contributed by atoms with Gasteiger partial charge in [-0.15, -0.1) is 0 Å². The summed E-state index contributed by atoms with van der Waals surface area (Å²) in [6.07, 6.45) is 3.61. The molecule has 4 aromatic rings. The van der Waals surface area contributed by atoms with Crippen LogP contribution in [0.2, 0.25) is 5.02 Å². The maximum atomic E-state index is 13.2. The van der Waals surface area contributed by atoms with Gasteiger partial charge in [0.25, 0.3) is 5.91 Å². The number of carbonyl (C=O) groups is 2. The average Bonchev–Trinajstić information content (AvgIpc) is 3.23. The van der Waals surface area contributed by atoms with Gasteiger partial charge in [-0.25, -0.2) is 14.2 Å². The van der Waals surface area contributed by atoms with Crippen LogP contribution in [0.3, 0.4) is 0 Å². The Morgan fingerprint density at radius 3 is 2.41 bits per heavy atom. The van der Waals surface area contributed by atoms with Crippen LogP contribution in [0.1, 0.15) is 16.1 Å². The van der Waals surface area contributed by atoms with Gasteiger partial charge in [-0.3, -0.25) is 4.79 Å². The van der Waals surface area contributed by atoms with Crippen molar-refractivity contribution in [3.8, 4) is 11.1 Å². The summed E-state index contributed by atoms with van der Waals surface area (Å²) < 4.78 is 19.7. The zero-order valence-corrected chi connectivity index (χ0v) is 17.8. The van der Waals surface area contributed by atoms with E-state index in [4.69, 9.17) is 16.3 Å². The van der Waals surface area contributed by atoms with Crippen molar-refractivity contribution in [1.82, 2.24) is 14.7 Å². The van der Waals surface area contributed by atoms with E-state index < -0.39 is 17.9 Å². The molecule has 1 N–H and O–H groups in total. The molecule has 2 heterocycles.